The molecule has 0 spiro atoms. The summed E-state index contributed by atoms with van der Waals surface area (Å²) in [5.74, 6) is -0.0507. The largest absolute Gasteiger partial charge is 0.336 e. The highest BCUT2D eigenvalue weighted by Crippen LogP contribution is 2.17. The van der Waals surface area contributed by atoms with Gasteiger partial charge in [-0.05, 0) is 36.1 Å². The lowest BCUT2D eigenvalue weighted by atomic mass is 10.2. The number of hydrogen-bond donors (Lipinski definition) is 0. The molecule has 1 aromatic heterocycles. The van der Waals surface area contributed by atoms with Crippen LogP contribution in [0, 0.1) is 0 Å². The Bertz CT molecular complexity index is 812. The summed E-state index contributed by atoms with van der Waals surface area (Å²) in [7, 11) is 1.81. The maximum Gasteiger partial charge on any atom is 0.272 e. The third-order valence-corrected chi connectivity index (χ3v) is 4.56. The first kappa shape index (κ1) is 16.3. The Kier molecular flexibility index (Phi) is 5.01. The van der Waals surface area contributed by atoms with Crippen molar-refractivity contribution in [3.63, 3.8) is 0 Å². The van der Waals surface area contributed by atoms with E-state index in [1.165, 1.54) is 4.90 Å². The van der Waals surface area contributed by atoms with Gasteiger partial charge in [0.05, 0.1) is 12.5 Å². The number of para-hydroxylation sites is 1. The molecule has 4 nitrogen and oxygen atoms in total. The van der Waals surface area contributed by atoms with Crippen molar-refractivity contribution in [3.8, 4) is 5.69 Å². The molecule has 3 aromatic rings. The number of amides is 1. The number of aromatic nitrogens is 2. The Hall–Kier alpha value is -2.53. The topological polar surface area (TPSA) is 38.1 Å². The minimum Gasteiger partial charge on any atom is -0.336 e. The molecule has 0 aliphatic carbocycles. The second-order valence-corrected chi connectivity index (χ2v) is 6.37. The van der Waals surface area contributed by atoms with E-state index in [2.05, 4.69) is 35.5 Å². The van der Waals surface area contributed by atoms with Crippen molar-refractivity contribution in [2.45, 2.75) is 11.4 Å². The van der Waals surface area contributed by atoms with Crippen molar-refractivity contribution in [2.75, 3.05) is 13.3 Å². The summed E-state index contributed by atoms with van der Waals surface area (Å²) in [5.41, 5.74) is 2.59. The van der Waals surface area contributed by atoms with Gasteiger partial charge in [-0.2, -0.15) is 0 Å². The monoisotopic (exact) mass is 337 g/mol. The van der Waals surface area contributed by atoms with Crippen LogP contribution in [0.5, 0.6) is 0 Å². The lowest BCUT2D eigenvalue weighted by molar-refractivity contribution is 0.0777. The van der Waals surface area contributed by atoms with Crippen molar-refractivity contribution in [1.29, 1.82) is 0 Å². The van der Waals surface area contributed by atoms with E-state index in [9.17, 15) is 4.79 Å². The molecule has 0 fully saturated rings. The number of hydrogen-bond acceptors (Lipinski definition) is 3. The van der Waals surface area contributed by atoms with Gasteiger partial charge >= 0.3 is 0 Å². The third kappa shape index (κ3) is 3.51. The molecule has 1 amide bonds. The Morgan fingerprint density at radius 3 is 2.50 bits per heavy atom. The van der Waals surface area contributed by atoms with Crippen LogP contribution in [0.15, 0.2) is 72.0 Å². The Balaban J connectivity index is 1.78. The first-order valence-corrected chi connectivity index (χ1v) is 8.87. The molecule has 0 saturated carbocycles. The third-order valence-electron chi connectivity index (χ3n) is 3.82. The number of rotatable bonds is 5. The van der Waals surface area contributed by atoms with E-state index in [0.29, 0.717) is 12.2 Å². The highest BCUT2D eigenvalue weighted by Gasteiger charge is 2.17. The molecule has 0 N–H and O–H groups in total. The molecule has 0 bridgehead atoms. The maximum absolute atomic E-state index is 12.8. The summed E-state index contributed by atoms with van der Waals surface area (Å²) in [6, 6.07) is 18.0. The van der Waals surface area contributed by atoms with E-state index in [0.717, 1.165) is 11.3 Å². The van der Waals surface area contributed by atoms with E-state index in [-0.39, 0.29) is 5.91 Å². The molecule has 3 rings (SSSR count). The second kappa shape index (κ2) is 7.36. The predicted octanol–water partition coefficient (Wildman–Crippen LogP) is 3.87. The van der Waals surface area contributed by atoms with E-state index in [1.54, 1.807) is 29.2 Å². The molecular weight excluding hydrogens is 318 g/mol. The van der Waals surface area contributed by atoms with Gasteiger partial charge in [-0.1, -0.05) is 30.3 Å². The van der Waals surface area contributed by atoms with Crippen LogP contribution in [0.25, 0.3) is 5.69 Å². The highest BCUT2D eigenvalue weighted by atomic mass is 32.2. The molecule has 0 radical (unpaired) electrons. The smallest absolute Gasteiger partial charge is 0.272 e. The molecule has 5 heteroatoms. The van der Waals surface area contributed by atoms with Gasteiger partial charge in [0.2, 0.25) is 0 Å². The van der Waals surface area contributed by atoms with Gasteiger partial charge in [0.25, 0.3) is 5.91 Å². The van der Waals surface area contributed by atoms with Crippen molar-refractivity contribution in [1.82, 2.24) is 14.5 Å². The number of benzene rings is 2. The lowest BCUT2D eigenvalue weighted by Gasteiger charge is -2.18. The molecule has 2 aromatic carbocycles. The number of carbonyl (C=O) groups excluding carboxylic acids is 1. The fourth-order valence-electron chi connectivity index (χ4n) is 2.52. The van der Waals surface area contributed by atoms with Gasteiger partial charge in [0, 0.05) is 24.2 Å². The van der Waals surface area contributed by atoms with Crippen LogP contribution in [0.2, 0.25) is 0 Å². The molecule has 0 unspecified atom stereocenters. The van der Waals surface area contributed by atoms with E-state index < -0.39 is 0 Å². The fraction of sp³-hybridized carbons (Fsp3) is 0.158. The van der Waals surface area contributed by atoms with Gasteiger partial charge in [0.15, 0.2) is 0 Å². The Morgan fingerprint density at radius 1 is 1.12 bits per heavy atom. The van der Waals surface area contributed by atoms with Crippen LogP contribution in [-0.2, 0) is 6.54 Å². The maximum atomic E-state index is 12.8. The molecule has 122 valence electrons. The zero-order valence-corrected chi connectivity index (χ0v) is 14.5. The summed E-state index contributed by atoms with van der Waals surface area (Å²) in [6.45, 7) is 0.563. The number of imidazole rings is 1. The molecular formula is C19H19N3OS. The summed E-state index contributed by atoms with van der Waals surface area (Å²) in [6.07, 6.45) is 5.34. The number of carbonyl (C=O) groups is 1. The van der Waals surface area contributed by atoms with Gasteiger partial charge in [-0.15, -0.1) is 11.8 Å². The van der Waals surface area contributed by atoms with Gasteiger partial charge in [0.1, 0.15) is 5.69 Å². The van der Waals surface area contributed by atoms with E-state index >= 15 is 0 Å². The van der Waals surface area contributed by atoms with Crippen molar-refractivity contribution in [3.05, 3.63) is 78.4 Å². The van der Waals surface area contributed by atoms with Crippen LogP contribution in [0.4, 0.5) is 0 Å². The quantitative estimate of drug-likeness (QED) is 0.664. The normalized spacial score (nSPS) is 10.6. The van der Waals surface area contributed by atoms with Crippen LogP contribution in [-0.4, -0.2) is 33.7 Å². The van der Waals surface area contributed by atoms with Gasteiger partial charge < -0.3 is 4.90 Å². The molecule has 24 heavy (non-hydrogen) atoms. The molecule has 0 saturated heterocycles. The molecule has 0 atom stereocenters. The number of thioether (sulfide) groups is 1. The number of nitrogens with zero attached hydrogens (tertiary/aromatic N) is 3. The van der Waals surface area contributed by atoms with Crippen molar-refractivity contribution >= 4 is 17.7 Å². The highest BCUT2D eigenvalue weighted by molar-refractivity contribution is 7.98. The first-order chi connectivity index (χ1) is 11.7. The molecule has 0 aliphatic rings. The second-order valence-electron chi connectivity index (χ2n) is 5.49. The zero-order valence-electron chi connectivity index (χ0n) is 13.7. The lowest BCUT2D eigenvalue weighted by Crippen LogP contribution is -2.28. The summed E-state index contributed by atoms with van der Waals surface area (Å²) >= 11 is 1.71. The average Bonchev–Trinajstić information content (AvgIpc) is 3.12. The van der Waals surface area contributed by atoms with Crippen LogP contribution < -0.4 is 0 Å². The average molecular weight is 337 g/mol. The van der Waals surface area contributed by atoms with Crippen LogP contribution in [0.1, 0.15) is 16.1 Å². The fourth-order valence-corrected chi connectivity index (χ4v) is 2.93. The summed E-state index contributed by atoms with van der Waals surface area (Å²) in [4.78, 5) is 19.9. The molecule has 0 aliphatic heterocycles. The van der Waals surface area contributed by atoms with Crippen molar-refractivity contribution < 1.29 is 4.79 Å². The predicted molar refractivity (Wildman–Crippen MR) is 97.6 cm³/mol. The standard InChI is InChI=1S/C19H19N3OS/c1-21(13-15-8-10-17(24-2)11-9-15)19(23)18-12-20-14-22(18)16-6-4-3-5-7-16/h3-12,14H,13H2,1-2H3. The Labute approximate surface area is 146 Å². The van der Waals surface area contributed by atoms with E-state index in [1.807, 2.05) is 41.9 Å². The van der Waals surface area contributed by atoms with Gasteiger partial charge in [-0.3, -0.25) is 9.36 Å². The van der Waals surface area contributed by atoms with Crippen molar-refractivity contribution in [2.24, 2.45) is 0 Å². The minimum atomic E-state index is -0.0507. The minimum absolute atomic E-state index is 0.0507. The van der Waals surface area contributed by atoms with E-state index in [4.69, 9.17) is 0 Å². The van der Waals surface area contributed by atoms with Crippen LogP contribution in [0.3, 0.4) is 0 Å². The van der Waals surface area contributed by atoms with Crippen LogP contribution >= 0.6 is 11.8 Å². The first-order valence-electron chi connectivity index (χ1n) is 7.65. The summed E-state index contributed by atoms with van der Waals surface area (Å²) < 4.78 is 1.82. The summed E-state index contributed by atoms with van der Waals surface area (Å²) in [5, 5.41) is 0. The van der Waals surface area contributed by atoms with Gasteiger partial charge in [-0.25, -0.2) is 4.98 Å². The zero-order chi connectivity index (χ0) is 16.9. The SMILES string of the molecule is CSc1ccc(CN(C)C(=O)c2cncn2-c2ccccc2)cc1. The Morgan fingerprint density at radius 2 is 1.83 bits per heavy atom. The molecule has 1 heterocycles.